The van der Waals surface area contributed by atoms with E-state index in [-0.39, 0.29) is 24.3 Å². The summed E-state index contributed by atoms with van der Waals surface area (Å²) in [6, 6.07) is -3.81. The number of thiol groups is 1. The number of carbonyl (C=O) groups is 6. The Hall–Kier alpha value is -2.52. The molecule has 0 saturated carbocycles. The molecule has 1 heterocycles. The number of carboxylic acid groups (broad SMARTS) is 3. The number of esters is 3. The summed E-state index contributed by atoms with van der Waals surface area (Å²) in [4.78, 5) is 63.8. The Morgan fingerprint density at radius 1 is 0.932 bits per heavy atom. The molecule has 19 heteroatoms. The van der Waals surface area contributed by atoms with E-state index in [1.807, 2.05) is 20.1 Å². The molecule has 1 aliphatic heterocycles. The summed E-state index contributed by atoms with van der Waals surface area (Å²) < 4.78 is 9.58. The number of carbonyl (C=O) groups excluding carboxylic acids is 3. The molecule has 258 valence electrons. The average molecular weight is 675 g/mol. The summed E-state index contributed by atoms with van der Waals surface area (Å²) in [5.74, 6) is -3.67. The van der Waals surface area contributed by atoms with Crippen molar-refractivity contribution in [1.82, 2.24) is 5.32 Å². The van der Waals surface area contributed by atoms with Gasteiger partial charge in [0.25, 0.3) is 0 Å². The van der Waals surface area contributed by atoms with E-state index in [9.17, 15) is 28.8 Å². The second-order valence-corrected chi connectivity index (χ2v) is 11.1. The Morgan fingerprint density at radius 2 is 1.48 bits per heavy atom. The lowest BCUT2D eigenvalue weighted by molar-refractivity contribution is -0.162. The van der Waals surface area contributed by atoms with Crippen LogP contribution in [0.1, 0.15) is 46.5 Å². The van der Waals surface area contributed by atoms with E-state index >= 15 is 0 Å². The molecule has 0 radical (unpaired) electrons. The van der Waals surface area contributed by atoms with Gasteiger partial charge in [-0.3, -0.25) is 19.2 Å². The average Bonchev–Trinajstić information content (AvgIpc) is 3.50. The van der Waals surface area contributed by atoms with Crippen LogP contribution in [0.3, 0.4) is 0 Å². The third kappa shape index (κ3) is 24.9. The normalized spacial score (nSPS) is 16.9. The number of hydrogen-bond donors (Lipinski definition) is 10. The van der Waals surface area contributed by atoms with Gasteiger partial charge in [-0.1, -0.05) is 13.8 Å². The van der Waals surface area contributed by atoms with Crippen molar-refractivity contribution in [3.05, 3.63) is 0 Å². The molecular weight excluding hydrogens is 624 g/mol. The Balaban J connectivity index is -0.000000562. The second kappa shape index (κ2) is 26.8. The lowest BCUT2D eigenvalue weighted by Gasteiger charge is -2.20. The molecule has 0 aromatic carbocycles. The fraction of sp³-hybridized carbons (Fsp3) is 0.760. The Kier molecular flexibility index (Phi) is 28.0. The number of nitrogens with one attached hydrogen (secondary N) is 1. The molecule has 1 saturated heterocycles. The molecule has 0 aromatic heterocycles. The highest BCUT2D eigenvalue weighted by Crippen LogP contribution is 2.08. The lowest BCUT2D eigenvalue weighted by Crippen LogP contribution is -2.45. The van der Waals surface area contributed by atoms with Gasteiger partial charge in [0.05, 0.1) is 6.54 Å². The molecule has 0 amide bonds. The standard InChI is InChI=1S/C10H20N2O4.C10H18N2O3S.C3H7NO2S.C2H5NO2/c1-5(2)4-7(11)10(15)16-6(3)8(12)9(13)14;1-16-6-4-7(11)9(13)15-10(14)8-3-2-5-12-8;4-2(1-7)3(5)6;3-1-2(4)5/h5-8H,4,11-12H2,1-3H3,(H,13,14);7-8,12H,2-6,11H2,1H3;2,7H,1,4H2,(H,5,6);1,3H2,(H,4,5)/t6-,7+,8+;7-,8-;2-;/m100./s1. The van der Waals surface area contributed by atoms with Gasteiger partial charge in [-0.05, 0) is 57.1 Å². The molecule has 1 rings (SSSR count). The molecule has 6 atom stereocenters. The van der Waals surface area contributed by atoms with Crippen LogP contribution in [0, 0.1) is 5.92 Å². The summed E-state index contributed by atoms with van der Waals surface area (Å²) >= 11 is 5.26. The van der Waals surface area contributed by atoms with E-state index in [4.69, 9.17) is 47.7 Å². The maximum atomic E-state index is 11.5. The third-order valence-electron chi connectivity index (χ3n) is 5.29. The molecule has 0 spiro atoms. The molecular formula is C25H50N6O11S2. The molecule has 44 heavy (non-hydrogen) atoms. The van der Waals surface area contributed by atoms with Gasteiger partial charge in [-0.15, -0.1) is 0 Å². The van der Waals surface area contributed by atoms with Crippen molar-refractivity contribution >= 4 is 60.2 Å². The van der Waals surface area contributed by atoms with Crippen LogP contribution in [0.4, 0.5) is 0 Å². The first-order valence-electron chi connectivity index (χ1n) is 13.5. The minimum atomic E-state index is -1.23. The SMILES string of the molecule is CC(C)C[C@H](N)C(=O)O[C@H](C)[C@H](N)C(=O)O.CSCC[C@H](N)C(=O)OC(=O)[C@@H]1CCCN1.NCC(=O)O.N[C@@H](CS)C(=O)O. The predicted molar refractivity (Wildman–Crippen MR) is 168 cm³/mol. The molecule has 1 fully saturated rings. The van der Waals surface area contributed by atoms with E-state index in [0.717, 1.165) is 25.1 Å². The van der Waals surface area contributed by atoms with Crippen molar-refractivity contribution in [1.29, 1.82) is 0 Å². The van der Waals surface area contributed by atoms with Crippen LogP contribution in [0.5, 0.6) is 0 Å². The number of rotatable bonds is 14. The molecule has 0 aromatic rings. The molecule has 17 nitrogen and oxygen atoms in total. The van der Waals surface area contributed by atoms with Crippen molar-refractivity contribution in [3.63, 3.8) is 0 Å². The van der Waals surface area contributed by atoms with Crippen molar-refractivity contribution in [2.24, 2.45) is 34.6 Å². The van der Waals surface area contributed by atoms with Gasteiger partial charge in [0.1, 0.15) is 36.3 Å². The zero-order valence-electron chi connectivity index (χ0n) is 25.5. The summed E-state index contributed by atoms with van der Waals surface area (Å²) in [6.07, 6.45) is 3.74. The van der Waals surface area contributed by atoms with Gasteiger partial charge < -0.3 is 58.8 Å². The first-order chi connectivity index (χ1) is 20.3. The molecule has 0 unspecified atom stereocenters. The highest BCUT2D eigenvalue weighted by Gasteiger charge is 2.28. The highest BCUT2D eigenvalue weighted by molar-refractivity contribution is 7.98. The Morgan fingerprint density at radius 3 is 1.82 bits per heavy atom. The quantitative estimate of drug-likeness (QED) is 0.0538. The molecule has 0 bridgehead atoms. The van der Waals surface area contributed by atoms with Crippen molar-refractivity contribution in [3.8, 4) is 0 Å². The summed E-state index contributed by atoms with van der Waals surface area (Å²) in [5, 5.41) is 27.2. The van der Waals surface area contributed by atoms with Crippen molar-refractivity contribution < 1.29 is 53.6 Å². The van der Waals surface area contributed by atoms with Crippen LogP contribution < -0.4 is 34.0 Å². The maximum absolute atomic E-state index is 11.5. The van der Waals surface area contributed by atoms with Crippen LogP contribution in [0.25, 0.3) is 0 Å². The summed E-state index contributed by atoms with van der Waals surface area (Å²) in [5.41, 5.74) is 26.0. The second-order valence-electron chi connectivity index (χ2n) is 9.74. The number of thioether (sulfide) groups is 1. The largest absolute Gasteiger partial charge is 0.480 e. The monoisotopic (exact) mass is 674 g/mol. The van der Waals surface area contributed by atoms with E-state index in [0.29, 0.717) is 12.8 Å². The minimum absolute atomic E-state index is 0.190. The summed E-state index contributed by atoms with van der Waals surface area (Å²) in [7, 11) is 0. The van der Waals surface area contributed by atoms with E-state index < -0.39 is 66.1 Å². The number of aliphatic carboxylic acids is 3. The first kappa shape index (κ1) is 45.9. The van der Waals surface area contributed by atoms with Gasteiger partial charge in [0.15, 0.2) is 0 Å². The topological polar surface area (TPSA) is 324 Å². The predicted octanol–water partition coefficient (Wildman–Crippen LogP) is -2.05. The molecule has 1 aliphatic rings. The number of nitrogens with two attached hydrogens (primary N) is 5. The summed E-state index contributed by atoms with van der Waals surface area (Å²) in [6.45, 7) is 5.81. The smallest absolute Gasteiger partial charge is 0.330 e. The number of carboxylic acids is 3. The lowest BCUT2D eigenvalue weighted by atomic mass is 10.0. The van der Waals surface area contributed by atoms with Gasteiger partial charge in [0.2, 0.25) is 0 Å². The van der Waals surface area contributed by atoms with Crippen LogP contribution in [0.2, 0.25) is 0 Å². The number of hydrogen-bond acceptors (Lipinski definition) is 16. The van der Waals surface area contributed by atoms with Crippen LogP contribution in [-0.2, 0) is 38.2 Å². The first-order valence-corrected chi connectivity index (χ1v) is 15.6. The van der Waals surface area contributed by atoms with Crippen LogP contribution >= 0.6 is 24.4 Å². The van der Waals surface area contributed by atoms with Gasteiger partial charge in [-0.25, -0.2) is 9.59 Å². The zero-order chi connectivity index (χ0) is 35.0. The number of ether oxygens (including phenoxy) is 2. The van der Waals surface area contributed by atoms with Gasteiger partial charge >= 0.3 is 35.8 Å². The van der Waals surface area contributed by atoms with Crippen LogP contribution in [-0.4, -0.2) is 118 Å². The minimum Gasteiger partial charge on any atom is -0.480 e. The Bertz CT molecular complexity index is 880. The maximum Gasteiger partial charge on any atom is 0.330 e. The van der Waals surface area contributed by atoms with E-state index in [1.54, 1.807) is 11.8 Å². The van der Waals surface area contributed by atoms with Crippen LogP contribution in [0.15, 0.2) is 0 Å². The van der Waals surface area contributed by atoms with E-state index in [2.05, 4.69) is 23.7 Å². The highest BCUT2D eigenvalue weighted by atomic mass is 32.2. The van der Waals surface area contributed by atoms with Gasteiger partial charge in [0, 0.05) is 5.75 Å². The zero-order valence-corrected chi connectivity index (χ0v) is 27.3. The van der Waals surface area contributed by atoms with Crippen molar-refractivity contribution in [2.75, 3.05) is 30.9 Å². The molecule has 14 N–H and O–H groups in total. The Labute approximate surface area is 267 Å². The fourth-order valence-electron chi connectivity index (χ4n) is 2.72. The van der Waals surface area contributed by atoms with Gasteiger partial charge in [-0.2, -0.15) is 24.4 Å². The fourth-order valence-corrected chi connectivity index (χ4v) is 3.37. The third-order valence-corrected chi connectivity index (χ3v) is 6.33. The van der Waals surface area contributed by atoms with E-state index in [1.165, 1.54) is 6.92 Å². The van der Waals surface area contributed by atoms with Crippen molar-refractivity contribution in [2.45, 2.75) is 82.8 Å². The molecule has 0 aliphatic carbocycles.